The summed E-state index contributed by atoms with van der Waals surface area (Å²) in [7, 11) is 0. The van der Waals surface area contributed by atoms with Gasteiger partial charge in [-0.3, -0.25) is 14.5 Å². The quantitative estimate of drug-likeness (QED) is 0.850. The first-order chi connectivity index (χ1) is 11.9. The van der Waals surface area contributed by atoms with E-state index in [-0.39, 0.29) is 6.54 Å². The summed E-state index contributed by atoms with van der Waals surface area (Å²) < 4.78 is 0. The van der Waals surface area contributed by atoms with Crippen LogP contribution < -0.4 is 0 Å². The van der Waals surface area contributed by atoms with E-state index in [1.54, 1.807) is 31.2 Å². The summed E-state index contributed by atoms with van der Waals surface area (Å²) >= 11 is 0. The monoisotopic (exact) mass is 338 g/mol. The molecule has 2 aromatic carbocycles. The number of urea groups is 1. The molecule has 1 N–H and O–H groups in total. The van der Waals surface area contributed by atoms with Gasteiger partial charge in [0.25, 0.3) is 5.91 Å². The molecule has 6 heteroatoms. The number of carbonyl (C=O) groups is 3. The Morgan fingerprint density at radius 3 is 2.12 bits per heavy atom. The van der Waals surface area contributed by atoms with Crippen molar-refractivity contribution in [1.29, 1.82) is 0 Å². The summed E-state index contributed by atoms with van der Waals surface area (Å²) in [6, 6.07) is 17.7. The van der Waals surface area contributed by atoms with Gasteiger partial charge in [0.2, 0.25) is 0 Å². The van der Waals surface area contributed by atoms with E-state index in [0.29, 0.717) is 5.56 Å². The van der Waals surface area contributed by atoms with Crippen LogP contribution >= 0.6 is 0 Å². The molecule has 0 bridgehead atoms. The molecule has 6 nitrogen and oxygen atoms in total. The molecule has 0 saturated carbocycles. The predicted octanol–water partition coefficient (Wildman–Crippen LogP) is 2.45. The Balaban J connectivity index is 2.06. The zero-order chi connectivity index (χ0) is 18.0. The largest absolute Gasteiger partial charge is 0.480 e. The summed E-state index contributed by atoms with van der Waals surface area (Å²) in [5.41, 5.74) is 0.268. The van der Waals surface area contributed by atoms with Gasteiger partial charge in [-0.25, -0.2) is 4.79 Å². The molecule has 1 aliphatic heterocycles. The van der Waals surface area contributed by atoms with Crippen LogP contribution in [0.5, 0.6) is 0 Å². The van der Waals surface area contributed by atoms with Crippen LogP contribution in [0.15, 0.2) is 60.7 Å². The van der Waals surface area contributed by atoms with E-state index >= 15 is 0 Å². The number of rotatable bonds is 5. The molecular weight excluding hydrogens is 320 g/mol. The minimum absolute atomic E-state index is 0.215. The number of imide groups is 1. The SMILES string of the molecule is C[C@@]1(c2ccccc2)C(=O)N(CC(=O)O)C(=O)N1Cc1ccccc1. The first kappa shape index (κ1) is 16.7. The fourth-order valence-electron chi connectivity index (χ4n) is 3.11. The molecular formula is C19H18N2O4. The Kier molecular flexibility index (Phi) is 4.27. The normalized spacial score (nSPS) is 20.2. The lowest BCUT2D eigenvalue weighted by Gasteiger charge is -2.32. The minimum atomic E-state index is -1.25. The number of carboxylic acids is 1. The second kappa shape index (κ2) is 6.39. The first-order valence-electron chi connectivity index (χ1n) is 7.89. The highest BCUT2D eigenvalue weighted by Crippen LogP contribution is 2.38. The molecule has 2 aromatic rings. The van der Waals surface area contributed by atoms with E-state index in [2.05, 4.69) is 0 Å². The van der Waals surface area contributed by atoms with Gasteiger partial charge in [-0.2, -0.15) is 0 Å². The molecule has 0 spiro atoms. The van der Waals surface area contributed by atoms with Crippen molar-refractivity contribution >= 4 is 17.9 Å². The highest BCUT2D eigenvalue weighted by molar-refractivity contribution is 6.08. The second-order valence-electron chi connectivity index (χ2n) is 6.08. The van der Waals surface area contributed by atoms with E-state index in [4.69, 9.17) is 5.11 Å². The molecule has 1 atom stereocenters. The van der Waals surface area contributed by atoms with Crippen LogP contribution in [-0.4, -0.2) is 39.4 Å². The topological polar surface area (TPSA) is 77.9 Å². The van der Waals surface area contributed by atoms with Gasteiger partial charge in [0.15, 0.2) is 0 Å². The van der Waals surface area contributed by atoms with Crippen molar-refractivity contribution in [2.75, 3.05) is 6.54 Å². The number of amides is 3. The second-order valence-corrected chi connectivity index (χ2v) is 6.08. The van der Waals surface area contributed by atoms with Crippen LogP contribution in [0.1, 0.15) is 18.1 Å². The van der Waals surface area contributed by atoms with Gasteiger partial charge in [0.1, 0.15) is 12.1 Å². The van der Waals surface area contributed by atoms with Gasteiger partial charge in [0, 0.05) is 6.54 Å². The number of benzene rings is 2. The van der Waals surface area contributed by atoms with Crippen LogP contribution in [0.25, 0.3) is 0 Å². The van der Waals surface area contributed by atoms with Crippen molar-refractivity contribution in [1.82, 2.24) is 9.80 Å². The van der Waals surface area contributed by atoms with Crippen molar-refractivity contribution < 1.29 is 19.5 Å². The maximum atomic E-state index is 13.0. The summed E-state index contributed by atoms with van der Waals surface area (Å²) in [5, 5.41) is 9.06. The number of hydrogen-bond donors (Lipinski definition) is 1. The van der Waals surface area contributed by atoms with Gasteiger partial charge in [-0.15, -0.1) is 0 Å². The lowest BCUT2D eigenvalue weighted by atomic mass is 9.90. The third-order valence-electron chi connectivity index (χ3n) is 4.48. The standard InChI is InChI=1S/C19H18N2O4/c1-19(15-10-6-3-7-11-15)17(24)20(13-16(22)23)18(25)21(19)12-14-8-4-2-5-9-14/h2-11H,12-13H2,1H3,(H,22,23)/t19-/m1/s1. The highest BCUT2D eigenvalue weighted by Gasteiger charge is 2.55. The fourth-order valence-corrected chi connectivity index (χ4v) is 3.11. The van der Waals surface area contributed by atoms with Gasteiger partial charge in [0.05, 0.1) is 0 Å². The van der Waals surface area contributed by atoms with E-state index < -0.39 is 30.0 Å². The highest BCUT2D eigenvalue weighted by atomic mass is 16.4. The third kappa shape index (κ3) is 2.87. The number of hydrogen-bond acceptors (Lipinski definition) is 3. The molecule has 128 valence electrons. The van der Waals surface area contributed by atoms with Gasteiger partial charge in [-0.05, 0) is 18.1 Å². The van der Waals surface area contributed by atoms with Crippen molar-refractivity contribution in [3.05, 3.63) is 71.8 Å². The number of carbonyl (C=O) groups excluding carboxylic acids is 2. The number of aliphatic carboxylic acids is 1. The summed E-state index contributed by atoms with van der Waals surface area (Å²) in [6.45, 7) is 1.23. The molecule has 0 unspecified atom stereocenters. The van der Waals surface area contributed by atoms with Crippen molar-refractivity contribution in [3.8, 4) is 0 Å². The van der Waals surface area contributed by atoms with Crippen LogP contribution in [0, 0.1) is 0 Å². The maximum absolute atomic E-state index is 13.0. The van der Waals surface area contributed by atoms with E-state index in [1.807, 2.05) is 36.4 Å². The number of nitrogens with zero attached hydrogens (tertiary/aromatic N) is 2. The van der Waals surface area contributed by atoms with E-state index in [0.717, 1.165) is 10.5 Å². The maximum Gasteiger partial charge on any atom is 0.328 e. The van der Waals surface area contributed by atoms with E-state index in [9.17, 15) is 14.4 Å². The van der Waals surface area contributed by atoms with Crippen LogP contribution in [0.4, 0.5) is 4.79 Å². The Labute approximate surface area is 145 Å². The van der Waals surface area contributed by atoms with Crippen LogP contribution in [-0.2, 0) is 21.7 Å². The fraction of sp³-hybridized carbons (Fsp3) is 0.211. The summed E-state index contributed by atoms with van der Waals surface area (Å²) in [5.74, 6) is -1.75. The average Bonchev–Trinajstić information content (AvgIpc) is 2.79. The molecule has 1 heterocycles. The smallest absolute Gasteiger partial charge is 0.328 e. The van der Waals surface area contributed by atoms with E-state index in [1.165, 1.54) is 4.90 Å². The van der Waals surface area contributed by atoms with Crippen LogP contribution in [0.2, 0.25) is 0 Å². The zero-order valence-electron chi connectivity index (χ0n) is 13.8. The van der Waals surface area contributed by atoms with Crippen molar-refractivity contribution in [2.24, 2.45) is 0 Å². The van der Waals surface area contributed by atoms with Crippen molar-refractivity contribution in [2.45, 2.75) is 19.0 Å². The lowest BCUT2D eigenvalue weighted by molar-refractivity contribution is -0.143. The molecule has 0 radical (unpaired) electrons. The molecule has 0 aromatic heterocycles. The molecule has 1 fully saturated rings. The Bertz CT molecular complexity index is 807. The van der Waals surface area contributed by atoms with Gasteiger partial charge in [-0.1, -0.05) is 60.7 Å². The lowest BCUT2D eigenvalue weighted by Crippen LogP contribution is -2.44. The Hall–Kier alpha value is -3.15. The Morgan fingerprint density at radius 2 is 1.56 bits per heavy atom. The summed E-state index contributed by atoms with van der Waals surface area (Å²) in [4.78, 5) is 39.1. The predicted molar refractivity (Wildman–Crippen MR) is 90.5 cm³/mol. The zero-order valence-corrected chi connectivity index (χ0v) is 13.8. The van der Waals surface area contributed by atoms with Gasteiger partial charge < -0.3 is 10.0 Å². The summed E-state index contributed by atoms with van der Waals surface area (Å²) in [6.07, 6.45) is 0. The minimum Gasteiger partial charge on any atom is -0.480 e. The Morgan fingerprint density at radius 1 is 1.00 bits per heavy atom. The molecule has 3 amide bonds. The van der Waals surface area contributed by atoms with Gasteiger partial charge >= 0.3 is 12.0 Å². The molecule has 0 aliphatic carbocycles. The third-order valence-corrected chi connectivity index (χ3v) is 4.48. The molecule has 3 rings (SSSR count). The molecule has 1 saturated heterocycles. The van der Waals surface area contributed by atoms with Crippen molar-refractivity contribution in [3.63, 3.8) is 0 Å². The first-order valence-corrected chi connectivity index (χ1v) is 7.89. The number of carboxylic acid groups (broad SMARTS) is 1. The molecule has 25 heavy (non-hydrogen) atoms. The average molecular weight is 338 g/mol. The van der Waals surface area contributed by atoms with Crippen LogP contribution in [0.3, 0.4) is 0 Å². The molecule has 1 aliphatic rings.